The molecule has 1 aliphatic heterocycles. The number of amides is 1. The van der Waals surface area contributed by atoms with Crippen molar-refractivity contribution in [2.24, 2.45) is 5.10 Å². The number of hydrogen-bond donors (Lipinski definition) is 1. The number of carbonyl (C=O) groups is 1. The second-order valence-electron chi connectivity index (χ2n) is 7.34. The van der Waals surface area contributed by atoms with Crippen LogP contribution in [0.25, 0.3) is 0 Å². The average Bonchev–Trinajstić information content (AvgIpc) is 2.84. The van der Waals surface area contributed by atoms with Crippen LogP contribution in [0.1, 0.15) is 34.6 Å². The molecule has 0 atom stereocenters. The zero-order valence-corrected chi connectivity index (χ0v) is 18.1. The number of aromatic nitrogens is 2. The van der Waals surface area contributed by atoms with Gasteiger partial charge in [0.15, 0.2) is 11.5 Å². The standard InChI is InChI=1S/C24H25N5O3/c1-31-21-10-9-18(15-22(21)32-2)20-8-4-13-29(28-20)16-17-6-3-7-19(14-17)27-24(30)23-25-11-5-12-26-23/h3,5-7,9-12,14-15H,4,8,13,16H2,1-2H3,(H,27,30). The van der Waals surface area contributed by atoms with Crippen LogP contribution in [0.15, 0.2) is 66.0 Å². The van der Waals surface area contributed by atoms with Gasteiger partial charge in [-0.15, -0.1) is 0 Å². The summed E-state index contributed by atoms with van der Waals surface area (Å²) in [4.78, 5) is 20.3. The first-order chi connectivity index (χ1) is 15.7. The Kier molecular flexibility index (Phi) is 6.60. The van der Waals surface area contributed by atoms with Gasteiger partial charge in [0.25, 0.3) is 5.91 Å². The van der Waals surface area contributed by atoms with Crippen LogP contribution in [0.5, 0.6) is 11.5 Å². The van der Waals surface area contributed by atoms with Gasteiger partial charge in [-0.25, -0.2) is 9.97 Å². The molecule has 0 saturated heterocycles. The van der Waals surface area contributed by atoms with Crippen LogP contribution >= 0.6 is 0 Å². The molecular formula is C24H25N5O3. The van der Waals surface area contributed by atoms with Crippen LogP contribution in [-0.4, -0.2) is 47.4 Å². The van der Waals surface area contributed by atoms with Crippen LogP contribution in [0.3, 0.4) is 0 Å². The summed E-state index contributed by atoms with van der Waals surface area (Å²) < 4.78 is 10.8. The highest BCUT2D eigenvalue weighted by Gasteiger charge is 2.16. The van der Waals surface area contributed by atoms with E-state index in [-0.39, 0.29) is 11.7 Å². The Balaban J connectivity index is 1.47. The summed E-state index contributed by atoms with van der Waals surface area (Å²) in [5.74, 6) is 1.19. The number of ether oxygens (including phenoxy) is 2. The third-order valence-electron chi connectivity index (χ3n) is 5.13. The van der Waals surface area contributed by atoms with Gasteiger partial charge in [0.05, 0.1) is 26.5 Å². The SMILES string of the molecule is COc1ccc(C2=NN(Cc3cccc(NC(=O)c4ncccn4)c3)CCC2)cc1OC. The topological polar surface area (TPSA) is 88.9 Å². The van der Waals surface area contributed by atoms with Crippen molar-refractivity contribution in [2.75, 3.05) is 26.1 Å². The molecule has 0 spiro atoms. The van der Waals surface area contributed by atoms with E-state index in [2.05, 4.69) is 20.3 Å². The van der Waals surface area contributed by atoms with E-state index in [0.717, 1.165) is 36.2 Å². The maximum Gasteiger partial charge on any atom is 0.293 e. The second kappa shape index (κ2) is 9.91. The molecule has 0 bridgehead atoms. The Bertz CT molecular complexity index is 1120. The molecule has 0 aliphatic carbocycles. The van der Waals surface area contributed by atoms with Crippen molar-refractivity contribution in [2.45, 2.75) is 19.4 Å². The lowest BCUT2D eigenvalue weighted by Gasteiger charge is -2.26. The second-order valence-corrected chi connectivity index (χ2v) is 7.34. The lowest BCUT2D eigenvalue weighted by molar-refractivity contribution is 0.101. The molecule has 2 aromatic carbocycles. The van der Waals surface area contributed by atoms with Crippen molar-refractivity contribution in [3.05, 3.63) is 77.9 Å². The predicted molar refractivity (Wildman–Crippen MR) is 122 cm³/mol. The third-order valence-corrected chi connectivity index (χ3v) is 5.13. The molecule has 8 heteroatoms. The summed E-state index contributed by atoms with van der Waals surface area (Å²) in [5.41, 5.74) is 3.79. The Labute approximate surface area is 186 Å². The minimum Gasteiger partial charge on any atom is -0.493 e. The summed E-state index contributed by atoms with van der Waals surface area (Å²) in [6.07, 6.45) is 5.00. The fourth-order valence-electron chi connectivity index (χ4n) is 3.59. The van der Waals surface area contributed by atoms with Crippen molar-refractivity contribution < 1.29 is 14.3 Å². The number of rotatable bonds is 7. The van der Waals surface area contributed by atoms with E-state index in [1.165, 1.54) is 0 Å². The summed E-state index contributed by atoms with van der Waals surface area (Å²) in [7, 11) is 3.26. The quantitative estimate of drug-likeness (QED) is 0.613. The molecule has 3 aromatic rings. The zero-order chi connectivity index (χ0) is 22.3. The molecule has 4 rings (SSSR count). The number of hydrazone groups is 1. The Morgan fingerprint density at radius 2 is 1.84 bits per heavy atom. The molecule has 164 valence electrons. The fraction of sp³-hybridized carbons (Fsp3) is 0.250. The highest BCUT2D eigenvalue weighted by atomic mass is 16.5. The van der Waals surface area contributed by atoms with Gasteiger partial charge in [-0.2, -0.15) is 5.10 Å². The molecule has 32 heavy (non-hydrogen) atoms. The van der Waals surface area contributed by atoms with E-state index in [4.69, 9.17) is 14.6 Å². The van der Waals surface area contributed by atoms with E-state index in [9.17, 15) is 4.79 Å². The van der Waals surface area contributed by atoms with Crippen molar-refractivity contribution in [1.82, 2.24) is 15.0 Å². The first kappa shape index (κ1) is 21.3. The maximum atomic E-state index is 12.3. The van der Waals surface area contributed by atoms with E-state index in [1.54, 1.807) is 32.7 Å². The molecule has 1 N–H and O–H groups in total. The molecule has 1 aliphatic rings. The van der Waals surface area contributed by atoms with E-state index in [1.807, 2.05) is 42.5 Å². The third kappa shape index (κ3) is 5.03. The molecule has 0 unspecified atom stereocenters. The van der Waals surface area contributed by atoms with Gasteiger partial charge < -0.3 is 14.8 Å². The summed E-state index contributed by atoms with van der Waals surface area (Å²) in [6, 6.07) is 15.3. The van der Waals surface area contributed by atoms with Gasteiger partial charge in [-0.05, 0) is 54.8 Å². The van der Waals surface area contributed by atoms with E-state index >= 15 is 0 Å². The van der Waals surface area contributed by atoms with E-state index < -0.39 is 0 Å². The monoisotopic (exact) mass is 431 g/mol. The summed E-state index contributed by atoms with van der Waals surface area (Å²) in [6.45, 7) is 1.51. The summed E-state index contributed by atoms with van der Waals surface area (Å²) >= 11 is 0. The zero-order valence-electron chi connectivity index (χ0n) is 18.1. The maximum absolute atomic E-state index is 12.3. The smallest absolute Gasteiger partial charge is 0.293 e. The lowest BCUT2D eigenvalue weighted by Crippen LogP contribution is -2.26. The highest BCUT2D eigenvalue weighted by Crippen LogP contribution is 2.29. The minimum atomic E-state index is -0.338. The minimum absolute atomic E-state index is 0.137. The number of nitrogens with one attached hydrogen (secondary N) is 1. The van der Waals surface area contributed by atoms with Crippen LogP contribution in [0, 0.1) is 0 Å². The normalized spacial score (nSPS) is 13.3. The highest BCUT2D eigenvalue weighted by molar-refractivity contribution is 6.02. The van der Waals surface area contributed by atoms with Crippen molar-refractivity contribution in [3.63, 3.8) is 0 Å². The number of carbonyl (C=O) groups excluding carboxylic acids is 1. The molecular weight excluding hydrogens is 406 g/mol. The fourth-order valence-corrected chi connectivity index (χ4v) is 3.59. The Morgan fingerprint density at radius 1 is 1.03 bits per heavy atom. The predicted octanol–water partition coefficient (Wildman–Crippen LogP) is 3.75. The molecule has 1 amide bonds. The van der Waals surface area contributed by atoms with Gasteiger partial charge in [0.2, 0.25) is 5.82 Å². The first-order valence-electron chi connectivity index (χ1n) is 10.4. The lowest BCUT2D eigenvalue weighted by atomic mass is 10.0. The van der Waals surface area contributed by atoms with Crippen LogP contribution < -0.4 is 14.8 Å². The van der Waals surface area contributed by atoms with Crippen molar-refractivity contribution >= 4 is 17.3 Å². The number of hydrogen-bond acceptors (Lipinski definition) is 7. The Hall–Kier alpha value is -3.94. The molecule has 2 heterocycles. The van der Waals surface area contributed by atoms with Crippen LogP contribution in [-0.2, 0) is 6.54 Å². The first-order valence-corrected chi connectivity index (χ1v) is 10.4. The summed E-state index contributed by atoms with van der Waals surface area (Å²) in [5, 5.41) is 9.76. The van der Waals surface area contributed by atoms with Gasteiger partial charge >= 0.3 is 0 Å². The Morgan fingerprint density at radius 3 is 2.62 bits per heavy atom. The van der Waals surface area contributed by atoms with Gasteiger partial charge in [-0.1, -0.05) is 12.1 Å². The van der Waals surface area contributed by atoms with Gasteiger partial charge in [0, 0.05) is 30.2 Å². The van der Waals surface area contributed by atoms with Crippen LogP contribution in [0.4, 0.5) is 5.69 Å². The number of nitrogens with zero attached hydrogens (tertiary/aromatic N) is 4. The van der Waals surface area contributed by atoms with Crippen molar-refractivity contribution in [1.29, 1.82) is 0 Å². The van der Waals surface area contributed by atoms with E-state index in [0.29, 0.717) is 23.7 Å². The number of methoxy groups -OCH3 is 2. The average molecular weight is 431 g/mol. The molecule has 0 fully saturated rings. The largest absolute Gasteiger partial charge is 0.493 e. The number of anilines is 1. The van der Waals surface area contributed by atoms with Gasteiger partial charge in [-0.3, -0.25) is 9.80 Å². The van der Waals surface area contributed by atoms with Gasteiger partial charge in [0.1, 0.15) is 0 Å². The molecule has 0 saturated carbocycles. The molecule has 8 nitrogen and oxygen atoms in total. The molecule has 1 aromatic heterocycles. The van der Waals surface area contributed by atoms with Crippen LogP contribution in [0.2, 0.25) is 0 Å². The van der Waals surface area contributed by atoms with Crippen molar-refractivity contribution in [3.8, 4) is 11.5 Å². The number of benzene rings is 2. The molecule has 0 radical (unpaired) electrons.